The third kappa shape index (κ3) is 2.47. The molecule has 0 unspecified atom stereocenters. The molecule has 2 aromatic heterocycles. The Hall–Kier alpha value is -2.40. The van der Waals surface area contributed by atoms with Crippen molar-refractivity contribution in [1.29, 1.82) is 0 Å². The Morgan fingerprint density at radius 3 is 2.65 bits per heavy atom. The van der Waals surface area contributed by atoms with Crippen LogP contribution in [0.3, 0.4) is 0 Å². The molecule has 3 rings (SSSR count). The van der Waals surface area contributed by atoms with E-state index in [0.717, 1.165) is 13.1 Å². The Morgan fingerprint density at radius 2 is 1.96 bits per heavy atom. The smallest absolute Gasteiger partial charge is 0.253 e. The zero-order valence-electron chi connectivity index (χ0n) is 12.9. The highest BCUT2D eigenvalue weighted by Crippen LogP contribution is 2.32. The average molecular weight is 330 g/mol. The Morgan fingerprint density at radius 1 is 1.22 bits per heavy atom. The van der Waals surface area contributed by atoms with Crippen molar-refractivity contribution in [1.82, 2.24) is 14.3 Å². The Labute approximate surface area is 138 Å². The van der Waals surface area contributed by atoms with Gasteiger partial charge in [0, 0.05) is 24.9 Å². The minimum absolute atomic E-state index is 0.0747. The molecule has 2 heterocycles. The molecule has 0 saturated carbocycles. The molecule has 0 atom stereocenters. The standard InChI is InChI=1S/C17H16ClN3O2/c1-3-20(4-2)10-8-11-13(18)16(22)17(23)15-14(11)19-12-7-5-6-9-21(12)15/h5-10H,3-4H2,1-2H3/b10-8+. The summed E-state index contributed by atoms with van der Waals surface area (Å²) in [7, 11) is 0. The zero-order chi connectivity index (χ0) is 16.6. The van der Waals surface area contributed by atoms with Gasteiger partial charge in [0.15, 0.2) is 0 Å². The van der Waals surface area contributed by atoms with E-state index in [1.165, 1.54) is 0 Å². The summed E-state index contributed by atoms with van der Waals surface area (Å²) in [6.45, 7) is 5.75. The molecule has 0 spiro atoms. The molecule has 0 radical (unpaired) electrons. The zero-order valence-corrected chi connectivity index (χ0v) is 13.7. The predicted octanol–water partition coefficient (Wildman–Crippen LogP) is 2.91. The van der Waals surface area contributed by atoms with E-state index in [1.807, 2.05) is 26.1 Å². The number of nitrogens with zero attached hydrogens (tertiary/aromatic N) is 3. The van der Waals surface area contributed by atoms with E-state index in [4.69, 9.17) is 11.6 Å². The first-order valence-corrected chi connectivity index (χ1v) is 7.84. The van der Waals surface area contributed by atoms with Crippen molar-refractivity contribution >= 4 is 34.4 Å². The summed E-state index contributed by atoms with van der Waals surface area (Å²) in [5.41, 5.74) is 1.82. The molecule has 0 bridgehead atoms. The highest BCUT2D eigenvalue weighted by molar-refractivity contribution is 6.64. The lowest BCUT2D eigenvalue weighted by Gasteiger charge is -2.16. The number of ketones is 2. The molecule has 5 nitrogen and oxygen atoms in total. The number of aromatic nitrogens is 2. The molecule has 1 aliphatic rings. The van der Waals surface area contributed by atoms with Gasteiger partial charge in [-0.15, -0.1) is 0 Å². The van der Waals surface area contributed by atoms with Crippen LogP contribution in [-0.4, -0.2) is 38.9 Å². The van der Waals surface area contributed by atoms with Gasteiger partial charge in [0.25, 0.3) is 5.78 Å². The monoisotopic (exact) mass is 329 g/mol. The van der Waals surface area contributed by atoms with Gasteiger partial charge in [-0.3, -0.25) is 14.0 Å². The van der Waals surface area contributed by atoms with E-state index in [1.54, 1.807) is 28.8 Å². The van der Waals surface area contributed by atoms with Crippen LogP contribution in [0.2, 0.25) is 0 Å². The van der Waals surface area contributed by atoms with E-state index < -0.39 is 11.6 Å². The van der Waals surface area contributed by atoms with Gasteiger partial charge in [0.05, 0.1) is 0 Å². The molecular weight excluding hydrogens is 314 g/mol. The number of fused-ring (bicyclic) bond motifs is 3. The second-order valence-electron chi connectivity index (χ2n) is 5.16. The fourth-order valence-electron chi connectivity index (χ4n) is 2.60. The van der Waals surface area contributed by atoms with Crippen LogP contribution < -0.4 is 0 Å². The third-order valence-corrected chi connectivity index (χ3v) is 4.28. The molecule has 0 saturated heterocycles. The molecule has 0 N–H and O–H groups in total. The van der Waals surface area contributed by atoms with Crippen molar-refractivity contribution < 1.29 is 9.59 Å². The number of carbonyl (C=O) groups excluding carboxylic acids is 2. The number of rotatable bonds is 4. The minimum atomic E-state index is -0.691. The summed E-state index contributed by atoms with van der Waals surface area (Å²) in [4.78, 5) is 31.1. The first-order chi connectivity index (χ1) is 11.1. The first kappa shape index (κ1) is 15.5. The van der Waals surface area contributed by atoms with Crippen molar-refractivity contribution in [2.24, 2.45) is 0 Å². The molecule has 0 fully saturated rings. The van der Waals surface area contributed by atoms with Gasteiger partial charge in [0.1, 0.15) is 22.1 Å². The lowest BCUT2D eigenvalue weighted by atomic mass is 9.97. The quantitative estimate of drug-likeness (QED) is 0.809. The van der Waals surface area contributed by atoms with Gasteiger partial charge >= 0.3 is 0 Å². The van der Waals surface area contributed by atoms with Crippen LogP contribution >= 0.6 is 11.6 Å². The summed E-state index contributed by atoms with van der Waals surface area (Å²) in [5, 5.41) is -0.0747. The van der Waals surface area contributed by atoms with E-state index in [-0.39, 0.29) is 10.7 Å². The topological polar surface area (TPSA) is 54.7 Å². The lowest BCUT2D eigenvalue weighted by Crippen LogP contribution is -2.23. The molecule has 1 aliphatic carbocycles. The number of imidazole rings is 1. The van der Waals surface area contributed by atoms with Crippen molar-refractivity contribution in [2.75, 3.05) is 13.1 Å². The van der Waals surface area contributed by atoms with Crippen molar-refractivity contribution in [2.45, 2.75) is 13.8 Å². The molecule has 23 heavy (non-hydrogen) atoms. The van der Waals surface area contributed by atoms with Crippen LogP contribution in [-0.2, 0) is 4.79 Å². The number of hydrogen-bond donors (Lipinski definition) is 0. The lowest BCUT2D eigenvalue weighted by molar-refractivity contribution is -0.111. The van der Waals surface area contributed by atoms with Crippen molar-refractivity contribution in [3.8, 4) is 0 Å². The fourth-order valence-corrected chi connectivity index (χ4v) is 2.84. The van der Waals surface area contributed by atoms with E-state index in [9.17, 15) is 9.59 Å². The van der Waals surface area contributed by atoms with Crippen LogP contribution in [0.25, 0.3) is 11.2 Å². The molecular formula is C17H16ClN3O2. The number of allylic oxidation sites excluding steroid dienone is 3. The average Bonchev–Trinajstić information content (AvgIpc) is 2.95. The van der Waals surface area contributed by atoms with Crippen molar-refractivity contribution in [3.63, 3.8) is 0 Å². The van der Waals surface area contributed by atoms with E-state index in [0.29, 0.717) is 16.9 Å². The van der Waals surface area contributed by atoms with Gasteiger partial charge in [-0.05, 0) is 38.3 Å². The summed E-state index contributed by atoms with van der Waals surface area (Å²) in [5.74, 6) is -1.31. The number of hydrogen-bond acceptors (Lipinski definition) is 4. The third-order valence-electron chi connectivity index (χ3n) is 3.91. The highest BCUT2D eigenvalue weighted by Gasteiger charge is 2.35. The van der Waals surface area contributed by atoms with Gasteiger partial charge in [-0.1, -0.05) is 17.7 Å². The van der Waals surface area contributed by atoms with E-state index >= 15 is 0 Å². The minimum Gasteiger partial charge on any atom is -0.378 e. The predicted molar refractivity (Wildman–Crippen MR) is 89.4 cm³/mol. The molecule has 0 amide bonds. The van der Waals surface area contributed by atoms with Crippen molar-refractivity contribution in [3.05, 3.63) is 53.1 Å². The summed E-state index contributed by atoms with van der Waals surface area (Å²) >= 11 is 6.14. The first-order valence-electron chi connectivity index (χ1n) is 7.47. The fraction of sp³-hybridized carbons (Fsp3) is 0.235. The van der Waals surface area contributed by atoms with Crippen LogP contribution in [0.4, 0.5) is 0 Å². The van der Waals surface area contributed by atoms with Gasteiger partial charge in [-0.2, -0.15) is 0 Å². The van der Waals surface area contributed by atoms with Crippen LogP contribution in [0.1, 0.15) is 30.0 Å². The van der Waals surface area contributed by atoms with Gasteiger partial charge in [-0.25, -0.2) is 4.98 Å². The maximum atomic E-state index is 12.3. The van der Waals surface area contributed by atoms with Gasteiger partial charge in [0.2, 0.25) is 5.78 Å². The molecule has 6 heteroatoms. The number of carbonyl (C=O) groups is 2. The highest BCUT2D eigenvalue weighted by atomic mass is 35.5. The normalized spacial score (nSPS) is 14.9. The number of Topliss-reactive ketones (excluding diaryl/α,β-unsaturated/α-hetero) is 2. The van der Waals surface area contributed by atoms with E-state index in [2.05, 4.69) is 9.88 Å². The van der Waals surface area contributed by atoms with Gasteiger partial charge < -0.3 is 4.90 Å². The molecule has 0 aliphatic heterocycles. The Balaban J connectivity index is 2.20. The van der Waals surface area contributed by atoms with Crippen LogP contribution in [0, 0.1) is 0 Å². The SMILES string of the molecule is CCN(/C=C/C1=C(Cl)C(=O)C(=O)c2c1nc1ccccn21)CC. The molecule has 0 aromatic carbocycles. The molecule has 2 aromatic rings. The second-order valence-corrected chi connectivity index (χ2v) is 5.54. The number of halogens is 1. The summed E-state index contributed by atoms with van der Waals surface area (Å²) in [6.07, 6.45) is 5.34. The van der Waals surface area contributed by atoms with Crippen LogP contribution in [0.15, 0.2) is 41.7 Å². The maximum Gasteiger partial charge on any atom is 0.253 e. The molecule has 118 valence electrons. The summed E-state index contributed by atoms with van der Waals surface area (Å²) in [6, 6.07) is 5.41. The summed E-state index contributed by atoms with van der Waals surface area (Å²) < 4.78 is 1.63. The second kappa shape index (κ2) is 6.01. The Kier molecular flexibility index (Phi) is 4.05. The largest absolute Gasteiger partial charge is 0.378 e. The Bertz CT molecular complexity index is 860. The van der Waals surface area contributed by atoms with Crippen LogP contribution in [0.5, 0.6) is 0 Å². The maximum absolute atomic E-state index is 12.3. The number of pyridine rings is 1.